The topological polar surface area (TPSA) is 90.7 Å². The van der Waals surface area contributed by atoms with Gasteiger partial charge in [0.15, 0.2) is 4.84 Å². The number of carbonyl (C=O) groups excluding carboxylic acids is 1. The molecule has 21 heavy (non-hydrogen) atoms. The third-order valence-electron chi connectivity index (χ3n) is 2.96. The molecule has 0 saturated carbocycles. The highest BCUT2D eigenvalue weighted by molar-refractivity contribution is 6.53. The SMILES string of the molecule is O=C(NC1COCOC1c1ccccc1[N+](=O)[O-])C(Cl)Cl. The highest BCUT2D eigenvalue weighted by atomic mass is 35.5. The summed E-state index contributed by atoms with van der Waals surface area (Å²) in [5.74, 6) is -0.610. The number of nitro benzene ring substituents is 1. The van der Waals surface area contributed by atoms with Gasteiger partial charge in [0, 0.05) is 6.07 Å². The van der Waals surface area contributed by atoms with Crippen LogP contribution in [0.3, 0.4) is 0 Å². The average Bonchev–Trinajstić information content (AvgIpc) is 2.47. The molecule has 1 heterocycles. The molecule has 0 radical (unpaired) electrons. The molecule has 9 heteroatoms. The van der Waals surface area contributed by atoms with Gasteiger partial charge in [0.1, 0.15) is 12.9 Å². The van der Waals surface area contributed by atoms with Crippen LogP contribution in [0.25, 0.3) is 0 Å². The van der Waals surface area contributed by atoms with E-state index in [1.165, 1.54) is 6.07 Å². The van der Waals surface area contributed by atoms with Crippen molar-refractivity contribution in [2.45, 2.75) is 17.0 Å². The van der Waals surface area contributed by atoms with E-state index in [2.05, 4.69) is 5.32 Å². The largest absolute Gasteiger partial charge is 0.353 e. The van der Waals surface area contributed by atoms with E-state index < -0.39 is 27.8 Å². The summed E-state index contributed by atoms with van der Waals surface area (Å²) in [6.07, 6.45) is -0.712. The second-order valence-electron chi connectivity index (χ2n) is 4.31. The minimum atomic E-state index is -1.24. The second-order valence-corrected chi connectivity index (χ2v) is 5.40. The molecule has 2 atom stereocenters. The molecular formula is C12H12Cl2N2O5. The van der Waals surface area contributed by atoms with E-state index in [0.717, 1.165) is 0 Å². The first kappa shape index (κ1) is 16.0. The molecular weight excluding hydrogens is 323 g/mol. The Balaban J connectivity index is 2.27. The molecule has 1 amide bonds. The molecule has 2 rings (SSSR count). The smallest absolute Gasteiger partial charge is 0.275 e. The molecule has 1 N–H and O–H groups in total. The van der Waals surface area contributed by atoms with Crippen LogP contribution in [0.4, 0.5) is 5.69 Å². The number of nitro groups is 1. The maximum Gasteiger partial charge on any atom is 0.275 e. The lowest BCUT2D eigenvalue weighted by atomic mass is 10.00. The Labute approximate surface area is 130 Å². The first-order chi connectivity index (χ1) is 10.0. The molecule has 0 spiro atoms. The van der Waals surface area contributed by atoms with Gasteiger partial charge in [-0.25, -0.2) is 0 Å². The molecule has 1 fully saturated rings. The van der Waals surface area contributed by atoms with Crippen molar-refractivity contribution in [1.29, 1.82) is 0 Å². The quantitative estimate of drug-likeness (QED) is 0.516. The van der Waals surface area contributed by atoms with E-state index in [9.17, 15) is 14.9 Å². The van der Waals surface area contributed by atoms with E-state index in [1.807, 2.05) is 0 Å². The summed E-state index contributed by atoms with van der Waals surface area (Å²) in [5.41, 5.74) is 0.272. The second kappa shape index (κ2) is 7.04. The van der Waals surface area contributed by atoms with E-state index in [0.29, 0.717) is 5.56 Å². The standard InChI is InChI=1S/C12H12Cl2N2O5/c13-11(14)12(17)15-8-5-20-6-21-10(8)7-3-1-2-4-9(7)16(18)19/h1-4,8,10-11H,5-6H2,(H,15,17). The molecule has 114 valence electrons. The van der Waals surface area contributed by atoms with Crippen LogP contribution in [0.2, 0.25) is 0 Å². The van der Waals surface area contributed by atoms with Gasteiger partial charge in [-0.2, -0.15) is 0 Å². The summed E-state index contributed by atoms with van der Waals surface area (Å²) < 4.78 is 10.5. The lowest BCUT2D eigenvalue weighted by Gasteiger charge is -2.32. The van der Waals surface area contributed by atoms with E-state index in [1.54, 1.807) is 18.2 Å². The number of ether oxygens (including phenoxy) is 2. The number of hydrogen-bond donors (Lipinski definition) is 1. The molecule has 1 aromatic carbocycles. The number of nitrogens with one attached hydrogen (secondary N) is 1. The Kier molecular flexibility index (Phi) is 5.35. The fraction of sp³-hybridized carbons (Fsp3) is 0.417. The van der Waals surface area contributed by atoms with Crippen LogP contribution in [0.1, 0.15) is 11.7 Å². The van der Waals surface area contributed by atoms with Crippen molar-refractivity contribution in [2.24, 2.45) is 0 Å². The van der Waals surface area contributed by atoms with Crippen LogP contribution in [0.15, 0.2) is 24.3 Å². The van der Waals surface area contributed by atoms with Crippen LogP contribution >= 0.6 is 23.2 Å². The molecule has 7 nitrogen and oxygen atoms in total. The Morgan fingerprint density at radius 1 is 1.43 bits per heavy atom. The van der Waals surface area contributed by atoms with Crippen LogP contribution in [-0.4, -0.2) is 35.1 Å². The van der Waals surface area contributed by atoms with Gasteiger partial charge < -0.3 is 14.8 Å². The van der Waals surface area contributed by atoms with Gasteiger partial charge in [-0.15, -0.1) is 0 Å². The van der Waals surface area contributed by atoms with Crippen molar-refractivity contribution in [3.8, 4) is 0 Å². The van der Waals surface area contributed by atoms with E-state index in [-0.39, 0.29) is 19.1 Å². The number of alkyl halides is 2. The Hall–Kier alpha value is -1.41. The van der Waals surface area contributed by atoms with Gasteiger partial charge in [0.2, 0.25) is 0 Å². The number of rotatable bonds is 4. The number of amides is 1. The number of nitrogens with zero attached hydrogens (tertiary/aromatic N) is 1. The van der Waals surface area contributed by atoms with Crippen LogP contribution in [0, 0.1) is 10.1 Å². The van der Waals surface area contributed by atoms with Gasteiger partial charge in [-0.3, -0.25) is 14.9 Å². The fourth-order valence-electron chi connectivity index (χ4n) is 2.06. The maximum atomic E-state index is 11.6. The minimum absolute atomic E-state index is 0.0196. The van der Waals surface area contributed by atoms with Gasteiger partial charge in [-0.1, -0.05) is 35.3 Å². The number of para-hydroxylation sites is 1. The zero-order chi connectivity index (χ0) is 15.4. The molecule has 0 aromatic heterocycles. The molecule has 2 unspecified atom stereocenters. The van der Waals surface area contributed by atoms with Crippen molar-refractivity contribution < 1.29 is 19.2 Å². The third-order valence-corrected chi connectivity index (χ3v) is 3.36. The number of hydrogen-bond acceptors (Lipinski definition) is 5. The van der Waals surface area contributed by atoms with E-state index in [4.69, 9.17) is 32.7 Å². The molecule has 0 bridgehead atoms. The van der Waals surface area contributed by atoms with Gasteiger partial charge in [0.05, 0.1) is 23.1 Å². The van der Waals surface area contributed by atoms with Crippen LogP contribution in [0.5, 0.6) is 0 Å². The average molecular weight is 335 g/mol. The van der Waals surface area contributed by atoms with Gasteiger partial charge in [-0.05, 0) is 6.07 Å². The highest BCUT2D eigenvalue weighted by Gasteiger charge is 2.34. The fourth-order valence-corrected chi connectivity index (χ4v) is 2.19. The van der Waals surface area contributed by atoms with Gasteiger partial charge >= 0.3 is 0 Å². The summed E-state index contributed by atoms with van der Waals surface area (Å²) in [5, 5.41) is 13.6. The van der Waals surface area contributed by atoms with Crippen LogP contribution < -0.4 is 5.32 Å². The summed E-state index contributed by atoms with van der Waals surface area (Å²) in [4.78, 5) is 20.9. The van der Waals surface area contributed by atoms with Crippen molar-refractivity contribution >= 4 is 34.8 Å². The molecule has 1 aliphatic rings. The van der Waals surface area contributed by atoms with E-state index >= 15 is 0 Å². The summed E-state index contributed by atoms with van der Waals surface area (Å²) >= 11 is 11.0. The first-order valence-electron chi connectivity index (χ1n) is 6.02. The minimum Gasteiger partial charge on any atom is -0.353 e. The summed E-state index contributed by atoms with van der Waals surface area (Å²) in [7, 11) is 0. The Bertz CT molecular complexity index is 540. The number of halogens is 2. The lowest BCUT2D eigenvalue weighted by Crippen LogP contribution is -2.48. The van der Waals surface area contributed by atoms with Crippen molar-refractivity contribution in [2.75, 3.05) is 13.4 Å². The molecule has 0 aliphatic carbocycles. The normalized spacial score (nSPS) is 22.0. The van der Waals surface area contributed by atoms with Crippen molar-refractivity contribution in [3.63, 3.8) is 0 Å². The predicted molar refractivity (Wildman–Crippen MR) is 75.2 cm³/mol. The zero-order valence-corrected chi connectivity index (χ0v) is 12.2. The first-order valence-corrected chi connectivity index (χ1v) is 6.89. The Morgan fingerprint density at radius 2 is 2.14 bits per heavy atom. The lowest BCUT2D eigenvalue weighted by molar-refractivity contribution is -0.386. The van der Waals surface area contributed by atoms with Crippen molar-refractivity contribution in [1.82, 2.24) is 5.32 Å². The maximum absolute atomic E-state index is 11.6. The molecule has 1 saturated heterocycles. The summed E-state index contributed by atoms with van der Waals surface area (Å²) in [6, 6.07) is 5.55. The zero-order valence-electron chi connectivity index (χ0n) is 10.7. The number of carbonyl (C=O) groups is 1. The van der Waals surface area contributed by atoms with Gasteiger partial charge in [0.25, 0.3) is 11.6 Å². The van der Waals surface area contributed by atoms with Crippen molar-refractivity contribution in [3.05, 3.63) is 39.9 Å². The predicted octanol–water partition coefficient (Wildman–Crippen LogP) is 1.93. The third kappa shape index (κ3) is 3.82. The number of benzene rings is 1. The highest BCUT2D eigenvalue weighted by Crippen LogP contribution is 2.32. The molecule has 1 aromatic rings. The monoisotopic (exact) mass is 334 g/mol. The summed E-state index contributed by atoms with van der Waals surface area (Å²) in [6.45, 7) is 0.122. The van der Waals surface area contributed by atoms with Crippen LogP contribution in [-0.2, 0) is 14.3 Å². The Morgan fingerprint density at radius 3 is 2.81 bits per heavy atom. The molecule has 1 aliphatic heterocycles.